The average molecular weight is 360 g/mol. The normalized spacial score (nSPS) is 12.3. The molecule has 0 radical (unpaired) electrons. The van der Waals surface area contributed by atoms with Crippen LogP contribution in [0, 0.1) is 35.0 Å². The van der Waals surface area contributed by atoms with Gasteiger partial charge in [0.05, 0.1) is 0 Å². The zero-order chi connectivity index (χ0) is 15.4. The molecular weight excluding hydrogens is 349 g/mol. The highest BCUT2D eigenvalue weighted by atomic mass is 79.9. The number of rotatable bonds is 5. The Balaban J connectivity index is 3.00. The van der Waals surface area contributed by atoms with Crippen LogP contribution < -0.4 is 5.32 Å². The van der Waals surface area contributed by atoms with Crippen LogP contribution >= 0.6 is 15.9 Å². The van der Waals surface area contributed by atoms with Crippen LogP contribution in [-0.2, 0) is 0 Å². The third-order valence-electron chi connectivity index (χ3n) is 2.65. The van der Waals surface area contributed by atoms with Crippen LogP contribution in [0.5, 0.6) is 0 Å². The molecule has 1 N–H and O–H groups in total. The predicted molar refractivity (Wildman–Crippen MR) is 66.1 cm³/mol. The Labute approximate surface area is 120 Å². The van der Waals surface area contributed by atoms with Crippen LogP contribution in [0.1, 0.15) is 23.7 Å². The smallest absolute Gasteiger partial charge is 0.257 e. The van der Waals surface area contributed by atoms with Gasteiger partial charge in [0.2, 0.25) is 5.82 Å². The first-order chi connectivity index (χ1) is 9.31. The summed E-state index contributed by atoms with van der Waals surface area (Å²) in [7, 11) is 0. The lowest BCUT2D eigenvalue weighted by Crippen LogP contribution is -2.31. The second-order valence-corrected chi connectivity index (χ2v) is 5.03. The summed E-state index contributed by atoms with van der Waals surface area (Å²) in [6.07, 6.45) is 0.678. The van der Waals surface area contributed by atoms with Crippen molar-refractivity contribution >= 4 is 21.8 Å². The van der Waals surface area contributed by atoms with Gasteiger partial charge in [-0.2, -0.15) is 0 Å². The minimum absolute atomic E-state index is 0.0143. The zero-order valence-electron chi connectivity index (χ0n) is 10.4. The number of hydrogen-bond donors (Lipinski definition) is 1. The monoisotopic (exact) mass is 359 g/mol. The number of halogens is 6. The van der Waals surface area contributed by atoms with Crippen molar-refractivity contribution in [3.05, 3.63) is 34.6 Å². The molecule has 0 saturated heterocycles. The fourth-order valence-electron chi connectivity index (χ4n) is 1.45. The molecule has 1 unspecified atom stereocenters. The Morgan fingerprint density at radius 3 is 1.95 bits per heavy atom. The van der Waals surface area contributed by atoms with E-state index in [2.05, 4.69) is 21.2 Å². The molecule has 1 aromatic rings. The van der Waals surface area contributed by atoms with Gasteiger partial charge in [-0.1, -0.05) is 22.9 Å². The fourth-order valence-corrected chi connectivity index (χ4v) is 2.23. The topological polar surface area (TPSA) is 29.1 Å². The molecule has 0 aliphatic rings. The van der Waals surface area contributed by atoms with Crippen molar-refractivity contribution in [2.45, 2.75) is 13.3 Å². The van der Waals surface area contributed by atoms with E-state index in [0.717, 1.165) is 0 Å². The fraction of sp³-hybridized carbons (Fsp3) is 0.417. The minimum atomic E-state index is -2.29. The number of carbonyl (C=O) groups excluding carboxylic acids is 1. The lowest BCUT2D eigenvalue weighted by molar-refractivity contribution is 0.0936. The molecule has 20 heavy (non-hydrogen) atoms. The summed E-state index contributed by atoms with van der Waals surface area (Å²) in [5.74, 6) is -12.2. The van der Waals surface area contributed by atoms with Crippen molar-refractivity contribution in [1.82, 2.24) is 5.32 Å². The molecule has 0 saturated carbocycles. The summed E-state index contributed by atoms with van der Waals surface area (Å²) < 4.78 is 65.4. The molecule has 0 fully saturated rings. The highest BCUT2D eigenvalue weighted by molar-refractivity contribution is 9.09. The molecule has 112 valence electrons. The van der Waals surface area contributed by atoms with Crippen LogP contribution in [0.2, 0.25) is 0 Å². The molecule has 0 aromatic heterocycles. The summed E-state index contributed by atoms with van der Waals surface area (Å²) in [4.78, 5) is 11.6. The van der Waals surface area contributed by atoms with E-state index in [4.69, 9.17) is 0 Å². The number of amides is 1. The molecule has 0 aliphatic carbocycles. The third-order valence-corrected chi connectivity index (χ3v) is 3.11. The van der Waals surface area contributed by atoms with Gasteiger partial charge in [-0.25, -0.2) is 22.0 Å². The van der Waals surface area contributed by atoms with Crippen LogP contribution in [0.25, 0.3) is 0 Å². The van der Waals surface area contributed by atoms with Gasteiger partial charge in [0.1, 0.15) is 5.56 Å². The van der Waals surface area contributed by atoms with Gasteiger partial charge in [0.15, 0.2) is 23.3 Å². The minimum Gasteiger partial charge on any atom is -0.352 e. The molecule has 2 nitrogen and oxygen atoms in total. The lowest BCUT2D eigenvalue weighted by Gasteiger charge is -2.12. The van der Waals surface area contributed by atoms with Gasteiger partial charge in [-0.05, 0) is 12.3 Å². The highest BCUT2D eigenvalue weighted by Gasteiger charge is 2.29. The number of hydrogen-bond acceptors (Lipinski definition) is 1. The summed E-state index contributed by atoms with van der Waals surface area (Å²) >= 11 is 3.18. The average Bonchev–Trinajstić information content (AvgIpc) is 2.41. The number of carbonyl (C=O) groups is 1. The standard InChI is InChI=1S/C12H11BrF5NO/c1-5(2-3-13)4-19-12(20)6-7(14)9(16)11(18)10(17)8(6)15/h5H,2-4H2,1H3,(H,19,20). The van der Waals surface area contributed by atoms with Gasteiger partial charge < -0.3 is 5.32 Å². The Morgan fingerprint density at radius 2 is 1.50 bits per heavy atom. The van der Waals surface area contributed by atoms with Crippen molar-refractivity contribution in [1.29, 1.82) is 0 Å². The summed E-state index contributed by atoms with van der Waals surface area (Å²) in [5, 5.41) is 2.80. The maximum absolute atomic E-state index is 13.3. The maximum Gasteiger partial charge on any atom is 0.257 e. The summed E-state index contributed by atoms with van der Waals surface area (Å²) in [5.41, 5.74) is -1.47. The first-order valence-corrected chi connectivity index (χ1v) is 6.79. The van der Waals surface area contributed by atoms with Crippen LogP contribution in [0.15, 0.2) is 0 Å². The number of nitrogens with one attached hydrogen (secondary N) is 1. The largest absolute Gasteiger partial charge is 0.352 e. The second kappa shape index (κ2) is 7.01. The Bertz CT molecular complexity index is 494. The van der Waals surface area contributed by atoms with E-state index in [1.165, 1.54) is 0 Å². The molecule has 0 heterocycles. The van der Waals surface area contributed by atoms with E-state index in [9.17, 15) is 26.7 Å². The van der Waals surface area contributed by atoms with E-state index in [-0.39, 0.29) is 12.5 Å². The van der Waals surface area contributed by atoms with Gasteiger partial charge in [-0.3, -0.25) is 4.79 Å². The summed E-state index contributed by atoms with van der Waals surface area (Å²) in [6.45, 7) is 1.82. The second-order valence-electron chi connectivity index (χ2n) is 4.24. The van der Waals surface area contributed by atoms with Crippen molar-refractivity contribution in [3.63, 3.8) is 0 Å². The Kier molecular flexibility index (Phi) is 5.91. The number of benzene rings is 1. The van der Waals surface area contributed by atoms with Crippen LogP contribution in [-0.4, -0.2) is 17.8 Å². The summed E-state index contributed by atoms with van der Waals surface area (Å²) in [6, 6.07) is 0. The first-order valence-electron chi connectivity index (χ1n) is 5.66. The van der Waals surface area contributed by atoms with Crippen molar-refractivity contribution < 1.29 is 26.7 Å². The van der Waals surface area contributed by atoms with Crippen molar-refractivity contribution in [2.75, 3.05) is 11.9 Å². The maximum atomic E-state index is 13.3. The Hall–Kier alpha value is -1.18. The molecule has 1 atom stereocenters. The lowest BCUT2D eigenvalue weighted by atomic mass is 10.1. The van der Waals surface area contributed by atoms with Crippen molar-refractivity contribution in [2.24, 2.45) is 5.92 Å². The van der Waals surface area contributed by atoms with E-state index < -0.39 is 40.6 Å². The zero-order valence-corrected chi connectivity index (χ0v) is 12.0. The van der Waals surface area contributed by atoms with Crippen molar-refractivity contribution in [3.8, 4) is 0 Å². The van der Waals surface area contributed by atoms with Crippen LogP contribution in [0.3, 0.4) is 0 Å². The highest BCUT2D eigenvalue weighted by Crippen LogP contribution is 2.22. The quantitative estimate of drug-likeness (QED) is 0.370. The van der Waals surface area contributed by atoms with Gasteiger partial charge in [0, 0.05) is 11.9 Å². The van der Waals surface area contributed by atoms with E-state index in [1.807, 2.05) is 0 Å². The van der Waals surface area contributed by atoms with Crippen LogP contribution in [0.4, 0.5) is 22.0 Å². The predicted octanol–water partition coefficient (Wildman–Crippen LogP) is 3.53. The SMILES string of the molecule is CC(CCBr)CNC(=O)c1c(F)c(F)c(F)c(F)c1F. The third kappa shape index (κ3) is 3.47. The molecule has 1 rings (SSSR count). The molecular formula is C12H11BrF5NO. The molecule has 1 amide bonds. The van der Waals surface area contributed by atoms with Gasteiger partial charge in [-0.15, -0.1) is 0 Å². The van der Waals surface area contributed by atoms with E-state index in [0.29, 0.717) is 11.8 Å². The molecule has 0 bridgehead atoms. The van der Waals surface area contributed by atoms with Gasteiger partial charge >= 0.3 is 0 Å². The van der Waals surface area contributed by atoms with E-state index >= 15 is 0 Å². The first kappa shape index (κ1) is 16.9. The van der Waals surface area contributed by atoms with Gasteiger partial charge in [0.25, 0.3) is 5.91 Å². The molecule has 8 heteroatoms. The van der Waals surface area contributed by atoms with E-state index in [1.54, 1.807) is 6.92 Å². The Morgan fingerprint density at radius 1 is 1.05 bits per heavy atom. The molecule has 1 aromatic carbocycles. The number of alkyl halides is 1. The molecule has 0 aliphatic heterocycles. The molecule has 0 spiro atoms.